The van der Waals surface area contributed by atoms with Gasteiger partial charge in [-0.25, -0.2) is 5.01 Å². The highest BCUT2D eigenvalue weighted by atomic mass is 15.5. The number of nitrogens with one attached hydrogen (secondary N) is 1. The average molecular weight is 167 g/mol. The largest absolute Gasteiger partial charge is 0.255 e. The summed E-state index contributed by atoms with van der Waals surface area (Å²) in [5, 5.41) is 11.0. The maximum atomic E-state index is 8.85. The first-order chi connectivity index (χ1) is 5.74. The highest BCUT2D eigenvalue weighted by Gasteiger charge is 2.18. The second kappa shape index (κ2) is 4.44. The molecule has 1 aliphatic heterocycles. The van der Waals surface area contributed by atoms with Crippen LogP contribution in [0.1, 0.15) is 20.3 Å². The first kappa shape index (κ1) is 9.50. The summed E-state index contributed by atoms with van der Waals surface area (Å²) in [5.41, 5.74) is 3.26. The molecule has 0 bridgehead atoms. The maximum Gasteiger partial charge on any atom is 0.0672 e. The number of nitriles is 1. The lowest BCUT2D eigenvalue weighted by atomic mass is 9.97. The molecule has 1 unspecified atom stereocenters. The summed E-state index contributed by atoms with van der Waals surface area (Å²) in [7, 11) is 0. The van der Waals surface area contributed by atoms with Gasteiger partial charge in [0.05, 0.1) is 12.0 Å². The summed E-state index contributed by atoms with van der Waals surface area (Å²) < 4.78 is 0. The number of hydrogen-bond acceptors (Lipinski definition) is 3. The van der Waals surface area contributed by atoms with Gasteiger partial charge in [0.1, 0.15) is 0 Å². The number of nitrogens with zero attached hydrogens (tertiary/aromatic N) is 2. The van der Waals surface area contributed by atoms with Crippen molar-refractivity contribution in [3.63, 3.8) is 0 Å². The summed E-state index contributed by atoms with van der Waals surface area (Å²) in [5.74, 6) is 0.619. The molecule has 0 aromatic heterocycles. The van der Waals surface area contributed by atoms with Crippen LogP contribution < -0.4 is 5.43 Å². The maximum absolute atomic E-state index is 8.85. The first-order valence-electron chi connectivity index (χ1n) is 4.62. The van der Waals surface area contributed by atoms with Gasteiger partial charge >= 0.3 is 0 Å². The van der Waals surface area contributed by atoms with Gasteiger partial charge in [0, 0.05) is 19.6 Å². The van der Waals surface area contributed by atoms with Crippen molar-refractivity contribution in [2.75, 3.05) is 19.6 Å². The molecule has 0 aromatic rings. The van der Waals surface area contributed by atoms with Crippen LogP contribution in [0.4, 0.5) is 0 Å². The van der Waals surface area contributed by atoms with Crippen molar-refractivity contribution in [3.8, 4) is 6.07 Å². The SMILES string of the molecule is CC(C)C(C#N)CN1CCCN1. The van der Waals surface area contributed by atoms with Crippen molar-refractivity contribution in [2.45, 2.75) is 20.3 Å². The Kier molecular flexibility index (Phi) is 3.51. The molecular formula is C9H17N3. The van der Waals surface area contributed by atoms with Gasteiger partial charge in [-0.05, 0) is 12.3 Å². The highest BCUT2D eigenvalue weighted by Crippen LogP contribution is 2.11. The summed E-state index contributed by atoms with van der Waals surface area (Å²) in [6.45, 7) is 7.23. The van der Waals surface area contributed by atoms with Crippen molar-refractivity contribution in [2.24, 2.45) is 11.8 Å². The molecule has 1 saturated heterocycles. The van der Waals surface area contributed by atoms with E-state index in [0.717, 1.165) is 19.6 Å². The van der Waals surface area contributed by atoms with E-state index < -0.39 is 0 Å². The third-order valence-corrected chi connectivity index (χ3v) is 2.33. The molecule has 12 heavy (non-hydrogen) atoms. The van der Waals surface area contributed by atoms with Crippen molar-refractivity contribution < 1.29 is 0 Å². The van der Waals surface area contributed by atoms with Crippen LogP contribution in [0.25, 0.3) is 0 Å². The molecule has 0 saturated carbocycles. The van der Waals surface area contributed by atoms with Crippen molar-refractivity contribution in [3.05, 3.63) is 0 Å². The van der Waals surface area contributed by atoms with E-state index in [1.165, 1.54) is 6.42 Å². The topological polar surface area (TPSA) is 39.1 Å². The average Bonchev–Trinajstić information content (AvgIpc) is 2.51. The van der Waals surface area contributed by atoms with Gasteiger partial charge in [-0.2, -0.15) is 5.26 Å². The van der Waals surface area contributed by atoms with Gasteiger partial charge < -0.3 is 0 Å². The number of rotatable bonds is 3. The standard InChI is InChI=1S/C9H17N3/c1-8(2)9(6-10)7-12-5-3-4-11-12/h8-9,11H,3-5,7H2,1-2H3. The minimum Gasteiger partial charge on any atom is -0.255 e. The number of hydrazine groups is 1. The molecule has 68 valence electrons. The lowest BCUT2D eigenvalue weighted by Gasteiger charge is -2.20. The van der Waals surface area contributed by atoms with E-state index in [4.69, 9.17) is 5.26 Å². The Bertz CT molecular complexity index is 165. The predicted octanol–water partition coefficient (Wildman–Crippen LogP) is 0.992. The van der Waals surface area contributed by atoms with E-state index >= 15 is 0 Å². The fourth-order valence-electron chi connectivity index (χ4n) is 1.38. The molecule has 3 heteroatoms. The van der Waals surface area contributed by atoms with Gasteiger partial charge in [0.2, 0.25) is 0 Å². The summed E-state index contributed by atoms with van der Waals surface area (Å²) in [4.78, 5) is 0. The fourth-order valence-corrected chi connectivity index (χ4v) is 1.38. The van der Waals surface area contributed by atoms with Crippen LogP contribution in [0, 0.1) is 23.2 Å². The number of hydrogen-bond donors (Lipinski definition) is 1. The molecule has 0 aliphatic carbocycles. The van der Waals surface area contributed by atoms with Crippen LogP contribution in [0.2, 0.25) is 0 Å². The first-order valence-corrected chi connectivity index (χ1v) is 4.62. The van der Waals surface area contributed by atoms with Gasteiger partial charge in [0.25, 0.3) is 0 Å². The Morgan fingerprint density at radius 1 is 1.58 bits per heavy atom. The van der Waals surface area contributed by atoms with Gasteiger partial charge in [-0.3, -0.25) is 5.43 Å². The van der Waals surface area contributed by atoms with E-state index in [9.17, 15) is 0 Å². The molecule has 1 N–H and O–H groups in total. The smallest absolute Gasteiger partial charge is 0.0672 e. The highest BCUT2D eigenvalue weighted by molar-refractivity contribution is 4.87. The summed E-state index contributed by atoms with van der Waals surface area (Å²) in [6, 6.07) is 2.35. The van der Waals surface area contributed by atoms with E-state index in [1.807, 2.05) is 0 Å². The Morgan fingerprint density at radius 2 is 2.33 bits per heavy atom. The molecule has 1 atom stereocenters. The van der Waals surface area contributed by atoms with Crippen LogP contribution in [0.15, 0.2) is 0 Å². The molecule has 3 nitrogen and oxygen atoms in total. The van der Waals surface area contributed by atoms with Crippen LogP contribution >= 0.6 is 0 Å². The van der Waals surface area contributed by atoms with Gasteiger partial charge in [0.15, 0.2) is 0 Å². The Balaban J connectivity index is 2.32. The Hall–Kier alpha value is -0.590. The molecule has 0 aromatic carbocycles. The van der Waals surface area contributed by atoms with Crippen LogP contribution in [0.3, 0.4) is 0 Å². The van der Waals surface area contributed by atoms with E-state index in [0.29, 0.717) is 5.92 Å². The lowest BCUT2D eigenvalue weighted by Crippen LogP contribution is -2.36. The van der Waals surface area contributed by atoms with Gasteiger partial charge in [-0.15, -0.1) is 0 Å². The normalized spacial score (nSPS) is 21.2. The van der Waals surface area contributed by atoms with E-state index in [2.05, 4.69) is 30.4 Å². The second-order valence-corrected chi connectivity index (χ2v) is 3.69. The summed E-state index contributed by atoms with van der Waals surface area (Å²) in [6.07, 6.45) is 1.20. The zero-order valence-corrected chi connectivity index (χ0v) is 7.88. The van der Waals surface area contributed by atoms with Gasteiger partial charge in [-0.1, -0.05) is 13.8 Å². The molecule has 1 heterocycles. The molecule has 1 aliphatic rings. The molecule has 0 amide bonds. The predicted molar refractivity (Wildman–Crippen MR) is 48.1 cm³/mol. The molecule has 1 fully saturated rings. The zero-order valence-electron chi connectivity index (χ0n) is 7.88. The van der Waals surface area contributed by atoms with Crippen LogP contribution in [-0.4, -0.2) is 24.6 Å². The van der Waals surface area contributed by atoms with Crippen molar-refractivity contribution in [1.82, 2.24) is 10.4 Å². The Labute approximate surface area is 74.3 Å². The second-order valence-electron chi connectivity index (χ2n) is 3.69. The van der Waals surface area contributed by atoms with Crippen LogP contribution in [0.5, 0.6) is 0 Å². The Morgan fingerprint density at radius 3 is 2.75 bits per heavy atom. The minimum atomic E-state index is 0.163. The van der Waals surface area contributed by atoms with Crippen molar-refractivity contribution in [1.29, 1.82) is 5.26 Å². The third kappa shape index (κ3) is 2.47. The minimum absolute atomic E-state index is 0.163. The van der Waals surface area contributed by atoms with Crippen LogP contribution in [-0.2, 0) is 0 Å². The molecule has 0 spiro atoms. The zero-order chi connectivity index (χ0) is 8.97. The lowest BCUT2D eigenvalue weighted by molar-refractivity contribution is 0.210. The molecule has 0 radical (unpaired) electrons. The van der Waals surface area contributed by atoms with Crippen molar-refractivity contribution >= 4 is 0 Å². The molecular weight excluding hydrogens is 150 g/mol. The fraction of sp³-hybridized carbons (Fsp3) is 0.889. The van der Waals surface area contributed by atoms with E-state index in [1.54, 1.807) is 0 Å². The molecule has 1 rings (SSSR count). The monoisotopic (exact) mass is 167 g/mol. The third-order valence-electron chi connectivity index (χ3n) is 2.33. The quantitative estimate of drug-likeness (QED) is 0.681. The van der Waals surface area contributed by atoms with E-state index in [-0.39, 0.29) is 5.92 Å². The summed E-state index contributed by atoms with van der Waals surface area (Å²) >= 11 is 0.